The molecule has 0 unspecified atom stereocenters. The Balaban J connectivity index is 1.75. The molecule has 0 saturated heterocycles. The molecule has 0 atom stereocenters. The van der Waals surface area contributed by atoms with Crippen LogP contribution in [0.3, 0.4) is 0 Å². The Labute approximate surface area is 142 Å². The van der Waals surface area contributed by atoms with Crippen molar-refractivity contribution in [3.63, 3.8) is 0 Å². The number of benzene rings is 2. The van der Waals surface area contributed by atoms with Crippen molar-refractivity contribution in [3.05, 3.63) is 60.2 Å². The first-order chi connectivity index (χ1) is 11.6. The Morgan fingerprint density at radius 2 is 2.04 bits per heavy atom. The minimum atomic E-state index is -0.0547. The van der Waals surface area contributed by atoms with Gasteiger partial charge in [-0.25, -0.2) is 0 Å². The minimum Gasteiger partial charge on any atom is -0.491 e. The molecule has 0 fully saturated rings. The highest BCUT2D eigenvalue weighted by atomic mass is 16.5. The number of rotatable bonds is 4. The van der Waals surface area contributed by atoms with Crippen molar-refractivity contribution in [3.8, 4) is 11.5 Å². The van der Waals surface area contributed by atoms with Crippen molar-refractivity contribution in [2.75, 3.05) is 18.1 Å². The summed E-state index contributed by atoms with van der Waals surface area (Å²) in [6.45, 7) is 5.04. The predicted octanol–water partition coefficient (Wildman–Crippen LogP) is 3.91. The lowest BCUT2D eigenvalue weighted by Crippen LogP contribution is -2.36. The van der Waals surface area contributed by atoms with E-state index in [0.29, 0.717) is 13.2 Å². The van der Waals surface area contributed by atoms with Gasteiger partial charge in [-0.3, -0.25) is 4.79 Å². The SMILES string of the molecule is CC(C)Oc1cccc(/C=C/C(=O)N2CCOc3ccccc32)c1. The molecular weight excluding hydrogens is 302 g/mol. The Morgan fingerprint density at radius 1 is 1.21 bits per heavy atom. The lowest BCUT2D eigenvalue weighted by atomic mass is 10.2. The van der Waals surface area contributed by atoms with Crippen LogP contribution in [0.2, 0.25) is 0 Å². The number of para-hydroxylation sites is 2. The molecule has 2 aromatic rings. The average molecular weight is 323 g/mol. The molecule has 4 nitrogen and oxygen atoms in total. The summed E-state index contributed by atoms with van der Waals surface area (Å²) in [5, 5.41) is 0. The molecule has 0 spiro atoms. The van der Waals surface area contributed by atoms with Gasteiger partial charge < -0.3 is 14.4 Å². The highest BCUT2D eigenvalue weighted by Crippen LogP contribution is 2.31. The van der Waals surface area contributed by atoms with E-state index in [2.05, 4.69) is 0 Å². The van der Waals surface area contributed by atoms with Crippen LogP contribution in [0.4, 0.5) is 5.69 Å². The van der Waals surface area contributed by atoms with Crippen molar-refractivity contribution in [1.82, 2.24) is 0 Å². The summed E-state index contributed by atoms with van der Waals surface area (Å²) in [5.74, 6) is 1.50. The zero-order valence-corrected chi connectivity index (χ0v) is 13.9. The van der Waals surface area contributed by atoms with E-state index in [0.717, 1.165) is 22.7 Å². The average Bonchev–Trinajstić information content (AvgIpc) is 2.59. The van der Waals surface area contributed by atoms with Crippen molar-refractivity contribution < 1.29 is 14.3 Å². The van der Waals surface area contributed by atoms with Crippen LogP contribution in [-0.4, -0.2) is 25.2 Å². The summed E-state index contributed by atoms with van der Waals surface area (Å²) in [5.41, 5.74) is 1.75. The first-order valence-corrected chi connectivity index (χ1v) is 8.11. The third-order valence-electron chi connectivity index (χ3n) is 3.64. The highest BCUT2D eigenvalue weighted by Gasteiger charge is 2.21. The number of fused-ring (bicyclic) bond motifs is 1. The molecule has 1 aliphatic heterocycles. The molecule has 4 heteroatoms. The number of carbonyl (C=O) groups is 1. The smallest absolute Gasteiger partial charge is 0.251 e. The zero-order chi connectivity index (χ0) is 16.9. The van der Waals surface area contributed by atoms with Crippen LogP contribution < -0.4 is 14.4 Å². The summed E-state index contributed by atoms with van der Waals surface area (Å²) in [7, 11) is 0. The number of carbonyl (C=O) groups excluding carboxylic acids is 1. The second-order valence-corrected chi connectivity index (χ2v) is 5.88. The molecule has 0 radical (unpaired) electrons. The lowest BCUT2D eigenvalue weighted by molar-refractivity contribution is -0.114. The molecule has 3 rings (SSSR count). The molecule has 0 bridgehead atoms. The molecule has 0 N–H and O–H groups in total. The molecule has 0 saturated carbocycles. The molecule has 2 aromatic carbocycles. The monoisotopic (exact) mass is 323 g/mol. The second kappa shape index (κ2) is 7.21. The molecule has 1 heterocycles. The van der Waals surface area contributed by atoms with E-state index in [-0.39, 0.29) is 12.0 Å². The topological polar surface area (TPSA) is 38.8 Å². The Bertz CT molecular complexity index is 752. The first kappa shape index (κ1) is 16.1. The van der Waals surface area contributed by atoms with Gasteiger partial charge in [-0.15, -0.1) is 0 Å². The van der Waals surface area contributed by atoms with E-state index in [9.17, 15) is 4.79 Å². The zero-order valence-electron chi connectivity index (χ0n) is 13.9. The number of hydrogen-bond donors (Lipinski definition) is 0. The molecule has 1 amide bonds. The largest absolute Gasteiger partial charge is 0.491 e. The Morgan fingerprint density at radius 3 is 2.88 bits per heavy atom. The van der Waals surface area contributed by atoms with Crippen molar-refractivity contribution in [1.29, 1.82) is 0 Å². The van der Waals surface area contributed by atoms with Crippen LogP contribution in [-0.2, 0) is 4.79 Å². The molecule has 0 aromatic heterocycles. The van der Waals surface area contributed by atoms with Gasteiger partial charge in [-0.2, -0.15) is 0 Å². The van der Waals surface area contributed by atoms with Crippen LogP contribution in [0.5, 0.6) is 11.5 Å². The molecule has 1 aliphatic rings. The van der Waals surface area contributed by atoms with Gasteiger partial charge in [0.05, 0.1) is 18.3 Å². The summed E-state index contributed by atoms with van der Waals surface area (Å²) >= 11 is 0. The first-order valence-electron chi connectivity index (χ1n) is 8.11. The highest BCUT2D eigenvalue weighted by molar-refractivity contribution is 6.05. The third-order valence-corrected chi connectivity index (χ3v) is 3.64. The van der Waals surface area contributed by atoms with Gasteiger partial charge in [0.25, 0.3) is 5.91 Å². The van der Waals surface area contributed by atoms with Gasteiger partial charge in [-0.1, -0.05) is 24.3 Å². The maximum absolute atomic E-state index is 12.5. The van der Waals surface area contributed by atoms with E-state index < -0.39 is 0 Å². The van der Waals surface area contributed by atoms with Crippen LogP contribution in [0, 0.1) is 0 Å². The minimum absolute atomic E-state index is 0.0547. The molecule has 124 valence electrons. The lowest BCUT2D eigenvalue weighted by Gasteiger charge is -2.28. The van der Waals surface area contributed by atoms with Crippen molar-refractivity contribution in [2.24, 2.45) is 0 Å². The Kier molecular flexibility index (Phi) is 4.85. The molecule has 24 heavy (non-hydrogen) atoms. The van der Waals surface area contributed by atoms with E-state index >= 15 is 0 Å². The van der Waals surface area contributed by atoms with Gasteiger partial charge in [0.1, 0.15) is 18.1 Å². The quantitative estimate of drug-likeness (QED) is 0.801. The van der Waals surface area contributed by atoms with Crippen LogP contribution in [0.15, 0.2) is 54.6 Å². The summed E-state index contributed by atoms with van der Waals surface area (Å²) in [4.78, 5) is 14.3. The van der Waals surface area contributed by atoms with Gasteiger partial charge in [0.2, 0.25) is 0 Å². The normalized spacial score (nSPS) is 13.7. The second-order valence-electron chi connectivity index (χ2n) is 5.88. The van der Waals surface area contributed by atoms with Gasteiger partial charge in [0, 0.05) is 6.08 Å². The Hall–Kier alpha value is -2.75. The molecule has 0 aliphatic carbocycles. The van der Waals surface area contributed by atoms with E-state index in [1.165, 1.54) is 0 Å². The van der Waals surface area contributed by atoms with E-state index in [4.69, 9.17) is 9.47 Å². The number of ether oxygens (including phenoxy) is 2. The van der Waals surface area contributed by atoms with E-state index in [1.54, 1.807) is 11.0 Å². The maximum atomic E-state index is 12.5. The van der Waals surface area contributed by atoms with Gasteiger partial charge in [-0.05, 0) is 49.8 Å². The number of anilines is 1. The fraction of sp³-hybridized carbons (Fsp3) is 0.250. The summed E-state index contributed by atoms with van der Waals surface area (Å²) in [6, 6.07) is 15.3. The van der Waals surface area contributed by atoms with E-state index in [1.807, 2.05) is 68.5 Å². The summed E-state index contributed by atoms with van der Waals surface area (Å²) < 4.78 is 11.3. The van der Waals surface area contributed by atoms with Crippen LogP contribution in [0.25, 0.3) is 6.08 Å². The van der Waals surface area contributed by atoms with Gasteiger partial charge in [0.15, 0.2) is 0 Å². The number of amides is 1. The fourth-order valence-electron chi connectivity index (χ4n) is 2.62. The maximum Gasteiger partial charge on any atom is 0.251 e. The standard InChI is InChI=1S/C20H21NO3/c1-15(2)24-17-7-5-6-16(14-17)10-11-20(22)21-12-13-23-19-9-4-3-8-18(19)21/h3-11,14-15H,12-13H2,1-2H3/b11-10+. The third kappa shape index (κ3) is 3.77. The predicted molar refractivity (Wildman–Crippen MR) is 95.5 cm³/mol. The van der Waals surface area contributed by atoms with Crippen molar-refractivity contribution >= 4 is 17.7 Å². The van der Waals surface area contributed by atoms with Gasteiger partial charge >= 0.3 is 0 Å². The van der Waals surface area contributed by atoms with Crippen molar-refractivity contribution in [2.45, 2.75) is 20.0 Å². The van der Waals surface area contributed by atoms with Crippen LogP contribution >= 0.6 is 0 Å². The van der Waals surface area contributed by atoms with Crippen LogP contribution in [0.1, 0.15) is 19.4 Å². The summed E-state index contributed by atoms with van der Waals surface area (Å²) in [6.07, 6.45) is 3.53. The number of hydrogen-bond acceptors (Lipinski definition) is 3. The number of nitrogens with zero attached hydrogens (tertiary/aromatic N) is 1. The fourth-order valence-corrected chi connectivity index (χ4v) is 2.62. The molecular formula is C20H21NO3.